The molecule has 1 aromatic heterocycles. The number of hydrogen-bond donors (Lipinski definition) is 0. The topological polar surface area (TPSA) is 12.9 Å². The lowest BCUT2D eigenvalue weighted by Gasteiger charge is -1.99. The highest BCUT2D eigenvalue weighted by Crippen LogP contribution is 2.20. The summed E-state index contributed by atoms with van der Waals surface area (Å²) in [5, 5.41) is 1.16. The maximum Gasteiger partial charge on any atom is 0.0705 e. The molecule has 1 heterocycles. The van der Waals surface area contributed by atoms with Gasteiger partial charge in [0.2, 0.25) is 0 Å². The van der Waals surface area contributed by atoms with Crippen molar-refractivity contribution in [3.8, 4) is 0 Å². The van der Waals surface area contributed by atoms with Gasteiger partial charge < -0.3 is 0 Å². The molecule has 0 fully saturated rings. The van der Waals surface area contributed by atoms with E-state index in [-0.39, 0.29) is 0 Å². The molecule has 0 saturated carbocycles. The van der Waals surface area contributed by atoms with Gasteiger partial charge in [-0.15, -0.1) is 0 Å². The fourth-order valence-electron chi connectivity index (χ4n) is 1.20. The minimum Gasteiger partial charge on any atom is -0.256 e. The molecule has 1 nitrogen and oxygen atoms in total. The van der Waals surface area contributed by atoms with Crippen molar-refractivity contribution in [2.45, 2.75) is 6.92 Å². The standard InChI is InChI=1S/C10H7BrN/c1-7-4-5-12-10-3-2-8(11)6-9(7)10/h2-3,5-6H,1H3. The highest BCUT2D eigenvalue weighted by atomic mass is 79.9. The van der Waals surface area contributed by atoms with E-state index in [1.165, 1.54) is 0 Å². The number of halogens is 1. The Labute approximate surface area is 79.6 Å². The quantitative estimate of drug-likeness (QED) is 0.666. The second-order valence-electron chi connectivity index (χ2n) is 2.69. The second kappa shape index (κ2) is 2.87. The minimum atomic E-state index is 1.02. The largest absolute Gasteiger partial charge is 0.256 e. The Morgan fingerprint density at radius 1 is 1.42 bits per heavy atom. The summed E-state index contributed by atoms with van der Waals surface area (Å²) in [4.78, 5) is 4.21. The smallest absolute Gasteiger partial charge is 0.0705 e. The predicted octanol–water partition coefficient (Wildman–Crippen LogP) is 3.11. The lowest BCUT2D eigenvalue weighted by atomic mass is 10.1. The molecule has 0 aliphatic carbocycles. The first kappa shape index (κ1) is 7.74. The van der Waals surface area contributed by atoms with Gasteiger partial charge in [-0.2, -0.15) is 0 Å². The highest BCUT2D eigenvalue weighted by Gasteiger charge is 1.97. The molecule has 0 bridgehead atoms. The zero-order chi connectivity index (χ0) is 8.55. The zero-order valence-corrected chi connectivity index (χ0v) is 8.22. The normalized spacial score (nSPS) is 10.5. The van der Waals surface area contributed by atoms with E-state index in [4.69, 9.17) is 0 Å². The number of rotatable bonds is 0. The van der Waals surface area contributed by atoms with Gasteiger partial charge in [-0.25, -0.2) is 0 Å². The third-order valence-electron chi connectivity index (χ3n) is 1.85. The predicted molar refractivity (Wildman–Crippen MR) is 53.0 cm³/mol. The van der Waals surface area contributed by atoms with Crippen molar-refractivity contribution in [3.05, 3.63) is 40.5 Å². The third-order valence-corrected chi connectivity index (χ3v) is 2.34. The SMILES string of the molecule is Cc1[c]cnc2ccc(Br)cc12. The van der Waals surface area contributed by atoms with Crippen LogP contribution in [-0.4, -0.2) is 4.98 Å². The molecule has 0 aliphatic rings. The minimum absolute atomic E-state index is 1.02. The van der Waals surface area contributed by atoms with E-state index >= 15 is 0 Å². The summed E-state index contributed by atoms with van der Waals surface area (Å²) in [6.07, 6.45) is 1.71. The van der Waals surface area contributed by atoms with E-state index < -0.39 is 0 Å². The summed E-state index contributed by atoms with van der Waals surface area (Å²) in [7, 11) is 0. The molecule has 12 heavy (non-hydrogen) atoms. The van der Waals surface area contributed by atoms with Crippen LogP contribution in [0.2, 0.25) is 0 Å². The molecular weight excluding hydrogens is 214 g/mol. The Hall–Kier alpha value is -0.890. The van der Waals surface area contributed by atoms with Crippen molar-refractivity contribution in [2.75, 3.05) is 0 Å². The van der Waals surface area contributed by atoms with Crippen molar-refractivity contribution < 1.29 is 0 Å². The zero-order valence-electron chi connectivity index (χ0n) is 6.63. The molecule has 0 saturated heterocycles. The molecule has 2 heteroatoms. The number of nitrogens with zero attached hydrogens (tertiary/aromatic N) is 1. The average molecular weight is 221 g/mol. The summed E-state index contributed by atoms with van der Waals surface area (Å²) >= 11 is 3.42. The van der Waals surface area contributed by atoms with Gasteiger partial charge in [-0.1, -0.05) is 15.9 Å². The molecule has 2 aromatic rings. The fraction of sp³-hybridized carbons (Fsp3) is 0.100. The number of pyridine rings is 1. The Bertz CT molecular complexity index is 423. The first-order chi connectivity index (χ1) is 5.77. The molecule has 0 N–H and O–H groups in total. The van der Waals surface area contributed by atoms with Gasteiger partial charge in [0, 0.05) is 22.1 Å². The van der Waals surface area contributed by atoms with E-state index in [1.807, 2.05) is 19.1 Å². The van der Waals surface area contributed by atoms with Crippen molar-refractivity contribution in [1.29, 1.82) is 0 Å². The van der Waals surface area contributed by atoms with E-state index in [2.05, 4.69) is 33.0 Å². The summed E-state index contributed by atoms with van der Waals surface area (Å²) in [5.74, 6) is 0. The Morgan fingerprint density at radius 2 is 2.25 bits per heavy atom. The molecule has 1 radical (unpaired) electrons. The van der Waals surface area contributed by atoms with Crippen LogP contribution in [0, 0.1) is 13.0 Å². The summed E-state index contributed by atoms with van der Waals surface area (Å²) in [6, 6.07) is 9.13. The average Bonchev–Trinajstić information content (AvgIpc) is 2.07. The third kappa shape index (κ3) is 1.23. The van der Waals surface area contributed by atoms with Gasteiger partial charge >= 0.3 is 0 Å². The van der Waals surface area contributed by atoms with Crippen molar-refractivity contribution >= 4 is 26.8 Å². The summed E-state index contributed by atoms with van der Waals surface area (Å²) in [6.45, 7) is 2.04. The number of aromatic nitrogens is 1. The van der Waals surface area contributed by atoms with Crippen molar-refractivity contribution in [3.63, 3.8) is 0 Å². The van der Waals surface area contributed by atoms with Crippen LogP contribution in [0.25, 0.3) is 10.9 Å². The number of hydrogen-bond acceptors (Lipinski definition) is 1. The molecule has 0 atom stereocenters. The van der Waals surface area contributed by atoms with Crippen LogP contribution >= 0.6 is 15.9 Å². The lowest BCUT2D eigenvalue weighted by Crippen LogP contribution is -1.81. The number of benzene rings is 1. The molecule has 0 unspecified atom stereocenters. The monoisotopic (exact) mass is 220 g/mol. The summed E-state index contributed by atoms with van der Waals surface area (Å²) < 4.78 is 1.08. The molecule has 59 valence electrons. The molecule has 1 aromatic carbocycles. The van der Waals surface area contributed by atoms with Crippen LogP contribution in [0.15, 0.2) is 28.9 Å². The van der Waals surface area contributed by atoms with E-state index in [9.17, 15) is 0 Å². The van der Waals surface area contributed by atoms with Crippen LogP contribution < -0.4 is 0 Å². The van der Waals surface area contributed by atoms with Gasteiger partial charge in [0.1, 0.15) is 0 Å². The fourth-order valence-corrected chi connectivity index (χ4v) is 1.56. The first-order valence-corrected chi connectivity index (χ1v) is 4.49. The molecule has 2 rings (SSSR count). The van der Waals surface area contributed by atoms with E-state index in [1.54, 1.807) is 6.20 Å². The van der Waals surface area contributed by atoms with E-state index in [0.717, 1.165) is 20.9 Å². The highest BCUT2D eigenvalue weighted by molar-refractivity contribution is 9.10. The van der Waals surface area contributed by atoms with Gasteiger partial charge in [0.25, 0.3) is 0 Å². The molecular formula is C10H7BrN. The van der Waals surface area contributed by atoms with Gasteiger partial charge in [0.05, 0.1) is 5.52 Å². The van der Waals surface area contributed by atoms with Crippen LogP contribution in [0.3, 0.4) is 0 Å². The van der Waals surface area contributed by atoms with Crippen molar-refractivity contribution in [1.82, 2.24) is 4.98 Å². The summed E-state index contributed by atoms with van der Waals surface area (Å²) in [5.41, 5.74) is 2.16. The Kier molecular flexibility index (Phi) is 1.85. The van der Waals surface area contributed by atoms with Crippen LogP contribution in [-0.2, 0) is 0 Å². The number of fused-ring (bicyclic) bond motifs is 1. The van der Waals surface area contributed by atoms with Crippen LogP contribution in [0.4, 0.5) is 0 Å². The number of aryl methyl sites for hydroxylation is 1. The van der Waals surface area contributed by atoms with Gasteiger partial charge in [-0.3, -0.25) is 4.98 Å². The maximum absolute atomic E-state index is 4.21. The molecule has 0 spiro atoms. The molecule has 0 amide bonds. The van der Waals surface area contributed by atoms with Crippen LogP contribution in [0.5, 0.6) is 0 Å². The molecule has 0 aliphatic heterocycles. The van der Waals surface area contributed by atoms with Gasteiger partial charge in [0.15, 0.2) is 0 Å². The lowest BCUT2D eigenvalue weighted by molar-refractivity contribution is 1.36. The first-order valence-electron chi connectivity index (χ1n) is 3.70. The maximum atomic E-state index is 4.21. The second-order valence-corrected chi connectivity index (χ2v) is 3.60. The van der Waals surface area contributed by atoms with E-state index in [0.29, 0.717) is 0 Å². The Morgan fingerprint density at radius 3 is 3.08 bits per heavy atom. The van der Waals surface area contributed by atoms with Crippen molar-refractivity contribution in [2.24, 2.45) is 0 Å². The van der Waals surface area contributed by atoms with Crippen LogP contribution in [0.1, 0.15) is 5.56 Å². The van der Waals surface area contributed by atoms with Gasteiger partial charge in [-0.05, 0) is 30.7 Å². The Balaban J connectivity index is 2.88.